The number of nitrogens with zero attached hydrogens (tertiary/aromatic N) is 1. The number of thiazole rings is 1. The van der Waals surface area contributed by atoms with E-state index in [2.05, 4.69) is 10.3 Å². The summed E-state index contributed by atoms with van der Waals surface area (Å²) < 4.78 is 0. The first kappa shape index (κ1) is 11.0. The fourth-order valence-electron chi connectivity index (χ4n) is 1.96. The molecule has 0 spiro atoms. The van der Waals surface area contributed by atoms with E-state index in [0.717, 1.165) is 22.2 Å². The number of phenolic OH excluding ortho intramolecular Hbond substituents is 1. The van der Waals surface area contributed by atoms with Gasteiger partial charge in [-0.15, -0.1) is 11.3 Å². The largest absolute Gasteiger partial charge is 0.507 e. The van der Waals surface area contributed by atoms with Crippen molar-refractivity contribution >= 4 is 27.8 Å². The summed E-state index contributed by atoms with van der Waals surface area (Å²) in [5.74, 6) is 0.310. The Morgan fingerprint density at radius 1 is 1.11 bits per heavy atom. The van der Waals surface area contributed by atoms with Crippen LogP contribution in [-0.2, 0) is 6.54 Å². The molecule has 90 valence electrons. The summed E-state index contributed by atoms with van der Waals surface area (Å²) in [4.78, 5) is 4.24. The maximum Gasteiger partial charge on any atom is 0.123 e. The van der Waals surface area contributed by atoms with Gasteiger partial charge in [0.25, 0.3) is 0 Å². The number of rotatable bonds is 3. The zero-order chi connectivity index (χ0) is 12.4. The second-order valence-corrected chi connectivity index (χ2v) is 4.73. The van der Waals surface area contributed by atoms with Gasteiger partial charge in [0.1, 0.15) is 5.75 Å². The predicted molar refractivity (Wildman–Crippen MR) is 75.1 cm³/mol. The molecule has 1 heterocycles. The number of benzene rings is 2. The SMILES string of the molecule is Oc1cccc2c(NCc3cscn3)cccc12. The molecule has 0 aliphatic heterocycles. The second-order valence-electron chi connectivity index (χ2n) is 4.01. The first-order valence-electron chi connectivity index (χ1n) is 5.66. The van der Waals surface area contributed by atoms with E-state index in [9.17, 15) is 5.11 Å². The standard InChI is InChI=1S/C14H12N2OS/c17-14-6-2-3-11-12(14)4-1-5-13(11)15-7-10-8-18-9-16-10/h1-6,8-9,15,17H,7H2. The monoisotopic (exact) mass is 256 g/mol. The molecule has 18 heavy (non-hydrogen) atoms. The van der Waals surface area contributed by atoms with Crippen LogP contribution in [-0.4, -0.2) is 10.1 Å². The van der Waals surface area contributed by atoms with Gasteiger partial charge in [0.05, 0.1) is 17.7 Å². The highest BCUT2D eigenvalue weighted by Crippen LogP contribution is 2.29. The van der Waals surface area contributed by atoms with Gasteiger partial charge < -0.3 is 10.4 Å². The van der Waals surface area contributed by atoms with Crippen molar-refractivity contribution in [3.05, 3.63) is 53.0 Å². The van der Waals surface area contributed by atoms with Crippen molar-refractivity contribution in [2.24, 2.45) is 0 Å². The maximum atomic E-state index is 9.81. The lowest BCUT2D eigenvalue weighted by molar-refractivity contribution is 0.481. The smallest absolute Gasteiger partial charge is 0.123 e. The quantitative estimate of drug-likeness (QED) is 0.752. The van der Waals surface area contributed by atoms with Crippen LogP contribution < -0.4 is 5.32 Å². The van der Waals surface area contributed by atoms with Gasteiger partial charge in [0, 0.05) is 21.8 Å². The average Bonchev–Trinajstić information content (AvgIpc) is 2.90. The third-order valence-electron chi connectivity index (χ3n) is 2.84. The number of fused-ring (bicyclic) bond motifs is 1. The zero-order valence-corrected chi connectivity index (χ0v) is 10.4. The predicted octanol–water partition coefficient (Wildman–Crippen LogP) is 3.61. The zero-order valence-electron chi connectivity index (χ0n) is 9.63. The number of phenols is 1. The van der Waals surface area contributed by atoms with Gasteiger partial charge in [0.15, 0.2) is 0 Å². The van der Waals surface area contributed by atoms with Crippen LogP contribution in [0.25, 0.3) is 10.8 Å². The van der Waals surface area contributed by atoms with Gasteiger partial charge in [-0.2, -0.15) is 0 Å². The van der Waals surface area contributed by atoms with E-state index in [4.69, 9.17) is 0 Å². The average molecular weight is 256 g/mol. The molecule has 0 amide bonds. The number of nitrogens with one attached hydrogen (secondary N) is 1. The first-order chi connectivity index (χ1) is 8.84. The molecule has 0 aliphatic rings. The number of hydrogen-bond acceptors (Lipinski definition) is 4. The maximum absolute atomic E-state index is 9.81. The summed E-state index contributed by atoms with van der Waals surface area (Å²) in [5.41, 5.74) is 3.86. The minimum absolute atomic E-state index is 0.310. The Bertz CT molecular complexity index is 665. The van der Waals surface area contributed by atoms with Crippen LogP contribution in [0.15, 0.2) is 47.3 Å². The molecule has 0 atom stereocenters. The third-order valence-corrected chi connectivity index (χ3v) is 3.48. The van der Waals surface area contributed by atoms with Crippen molar-refractivity contribution in [1.82, 2.24) is 4.98 Å². The molecule has 0 radical (unpaired) electrons. The summed E-state index contributed by atoms with van der Waals surface area (Å²) in [7, 11) is 0. The number of hydrogen-bond donors (Lipinski definition) is 2. The first-order valence-corrected chi connectivity index (χ1v) is 6.60. The van der Waals surface area contributed by atoms with Crippen molar-refractivity contribution in [1.29, 1.82) is 0 Å². The minimum Gasteiger partial charge on any atom is -0.507 e. The highest BCUT2D eigenvalue weighted by atomic mass is 32.1. The highest BCUT2D eigenvalue weighted by Gasteiger charge is 2.04. The van der Waals surface area contributed by atoms with Crippen LogP contribution in [0.4, 0.5) is 5.69 Å². The van der Waals surface area contributed by atoms with E-state index < -0.39 is 0 Å². The fraction of sp³-hybridized carbons (Fsp3) is 0.0714. The molecule has 0 bridgehead atoms. The fourth-order valence-corrected chi connectivity index (χ4v) is 2.52. The van der Waals surface area contributed by atoms with Crippen molar-refractivity contribution in [3.8, 4) is 5.75 Å². The molecule has 4 heteroatoms. The number of aromatic hydroxyl groups is 1. The van der Waals surface area contributed by atoms with Crippen molar-refractivity contribution in [3.63, 3.8) is 0 Å². The molecule has 3 aromatic rings. The van der Waals surface area contributed by atoms with E-state index in [1.54, 1.807) is 17.4 Å². The minimum atomic E-state index is 0.310. The Balaban J connectivity index is 1.94. The van der Waals surface area contributed by atoms with Crippen LogP contribution in [0, 0.1) is 0 Å². The molecule has 0 saturated heterocycles. The molecule has 2 aromatic carbocycles. The summed E-state index contributed by atoms with van der Waals surface area (Å²) >= 11 is 1.59. The summed E-state index contributed by atoms with van der Waals surface area (Å²) in [6, 6.07) is 11.4. The van der Waals surface area contributed by atoms with Gasteiger partial charge in [-0.05, 0) is 12.1 Å². The van der Waals surface area contributed by atoms with Crippen molar-refractivity contribution < 1.29 is 5.11 Å². The van der Waals surface area contributed by atoms with Crippen LogP contribution in [0.2, 0.25) is 0 Å². The summed E-state index contributed by atoms with van der Waals surface area (Å²) in [5, 5.41) is 17.1. The molecule has 0 saturated carbocycles. The Morgan fingerprint density at radius 3 is 2.78 bits per heavy atom. The molecular formula is C14H12N2OS. The highest BCUT2D eigenvalue weighted by molar-refractivity contribution is 7.07. The second kappa shape index (κ2) is 4.66. The molecule has 0 unspecified atom stereocenters. The van der Waals surface area contributed by atoms with Gasteiger partial charge in [-0.1, -0.05) is 24.3 Å². The molecule has 3 rings (SSSR count). The number of anilines is 1. The van der Waals surface area contributed by atoms with E-state index >= 15 is 0 Å². The van der Waals surface area contributed by atoms with Gasteiger partial charge in [0.2, 0.25) is 0 Å². The number of aromatic nitrogens is 1. The Hall–Kier alpha value is -2.07. The van der Waals surface area contributed by atoms with Crippen LogP contribution in [0.3, 0.4) is 0 Å². The molecular weight excluding hydrogens is 244 g/mol. The summed E-state index contributed by atoms with van der Waals surface area (Å²) in [6.45, 7) is 0.693. The Morgan fingerprint density at radius 2 is 1.94 bits per heavy atom. The van der Waals surface area contributed by atoms with E-state index in [1.807, 2.05) is 41.2 Å². The lowest BCUT2D eigenvalue weighted by Gasteiger charge is -2.09. The van der Waals surface area contributed by atoms with Crippen LogP contribution in [0.5, 0.6) is 5.75 Å². The van der Waals surface area contributed by atoms with Crippen molar-refractivity contribution in [2.45, 2.75) is 6.54 Å². The van der Waals surface area contributed by atoms with E-state index in [0.29, 0.717) is 12.3 Å². The molecule has 1 aromatic heterocycles. The van der Waals surface area contributed by atoms with E-state index in [1.165, 1.54) is 0 Å². The third kappa shape index (κ3) is 2.02. The summed E-state index contributed by atoms with van der Waals surface area (Å²) in [6.07, 6.45) is 0. The lowest BCUT2D eigenvalue weighted by Crippen LogP contribution is -1.99. The lowest BCUT2D eigenvalue weighted by atomic mass is 10.1. The topological polar surface area (TPSA) is 45.1 Å². The van der Waals surface area contributed by atoms with Gasteiger partial charge in [-0.25, -0.2) is 4.98 Å². The molecule has 2 N–H and O–H groups in total. The molecule has 3 nitrogen and oxygen atoms in total. The van der Waals surface area contributed by atoms with E-state index in [-0.39, 0.29) is 0 Å². The van der Waals surface area contributed by atoms with Crippen LogP contribution >= 0.6 is 11.3 Å². The van der Waals surface area contributed by atoms with Gasteiger partial charge >= 0.3 is 0 Å². The van der Waals surface area contributed by atoms with Crippen LogP contribution in [0.1, 0.15) is 5.69 Å². The Kier molecular flexibility index (Phi) is 2.86. The molecule has 0 fully saturated rings. The normalized spacial score (nSPS) is 10.7. The molecule has 0 aliphatic carbocycles. The van der Waals surface area contributed by atoms with Gasteiger partial charge in [-0.3, -0.25) is 0 Å². The van der Waals surface area contributed by atoms with Crippen molar-refractivity contribution in [2.75, 3.05) is 5.32 Å². The Labute approximate surface area is 109 Å².